The Bertz CT molecular complexity index is 448. The molecular formula is C11H14N2O4S. The van der Waals surface area contributed by atoms with E-state index in [0.29, 0.717) is 0 Å². The van der Waals surface area contributed by atoms with Gasteiger partial charge >= 0.3 is 12.2 Å². The van der Waals surface area contributed by atoms with Crippen molar-refractivity contribution in [2.24, 2.45) is 0 Å². The van der Waals surface area contributed by atoms with E-state index in [2.05, 4.69) is 0 Å². The highest BCUT2D eigenvalue weighted by atomic mass is 32.1. The Morgan fingerprint density at radius 2 is 1.94 bits per heavy atom. The standard InChI is InChI=1S/C11H14N2O4S/c1-7-4-13(11(16)17)9(5-12(7)10(14)15)8-2-3-18-6-8/h2-3,6-7,9H,4-5H2,1H3,(H,14,15)(H,16,17)/t7-,9-/m1/s1. The van der Waals surface area contributed by atoms with E-state index in [1.165, 1.54) is 21.1 Å². The molecular weight excluding hydrogens is 256 g/mol. The third kappa shape index (κ3) is 2.26. The van der Waals surface area contributed by atoms with Crippen LogP contribution in [0, 0.1) is 0 Å². The quantitative estimate of drug-likeness (QED) is 0.819. The highest BCUT2D eigenvalue weighted by Gasteiger charge is 2.37. The fourth-order valence-corrected chi connectivity index (χ4v) is 2.91. The SMILES string of the molecule is C[C@@H]1CN(C(=O)O)[C@@H](c2ccsc2)CN1C(=O)O. The van der Waals surface area contributed by atoms with Gasteiger partial charge in [0.05, 0.1) is 12.1 Å². The number of hydrogen-bond acceptors (Lipinski definition) is 3. The van der Waals surface area contributed by atoms with Crippen LogP contribution in [0.4, 0.5) is 9.59 Å². The van der Waals surface area contributed by atoms with Crippen LogP contribution < -0.4 is 0 Å². The molecule has 1 aliphatic rings. The molecule has 7 heteroatoms. The second-order valence-corrected chi connectivity index (χ2v) is 5.07. The van der Waals surface area contributed by atoms with Crippen molar-refractivity contribution in [1.29, 1.82) is 0 Å². The van der Waals surface area contributed by atoms with Crippen LogP contribution in [-0.2, 0) is 0 Å². The van der Waals surface area contributed by atoms with Crippen molar-refractivity contribution < 1.29 is 19.8 Å². The molecule has 1 saturated heterocycles. The molecule has 98 valence electrons. The Morgan fingerprint density at radius 1 is 1.28 bits per heavy atom. The molecule has 2 heterocycles. The second-order valence-electron chi connectivity index (χ2n) is 4.29. The second kappa shape index (κ2) is 4.85. The summed E-state index contributed by atoms with van der Waals surface area (Å²) in [5.41, 5.74) is 0.848. The summed E-state index contributed by atoms with van der Waals surface area (Å²) < 4.78 is 0. The van der Waals surface area contributed by atoms with Crippen molar-refractivity contribution in [3.63, 3.8) is 0 Å². The highest BCUT2D eigenvalue weighted by molar-refractivity contribution is 7.07. The van der Waals surface area contributed by atoms with Gasteiger partial charge in [-0.1, -0.05) is 0 Å². The lowest BCUT2D eigenvalue weighted by Crippen LogP contribution is -2.56. The van der Waals surface area contributed by atoms with Gasteiger partial charge in [-0.05, 0) is 29.3 Å². The molecule has 2 rings (SSSR count). The Labute approximate surface area is 108 Å². The number of thiophene rings is 1. The Morgan fingerprint density at radius 3 is 2.44 bits per heavy atom. The number of carboxylic acid groups (broad SMARTS) is 2. The minimum absolute atomic E-state index is 0.180. The first-order chi connectivity index (χ1) is 8.50. The monoisotopic (exact) mass is 270 g/mol. The number of rotatable bonds is 1. The summed E-state index contributed by atoms with van der Waals surface area (Å²) in [7, 11) is 0. The molecule has 0 spiro atoms. The predicted molar refractivity (Wildman–Crippen MR) is 66.0 cm³/mol. The van der Waals surface area contributed by atoms with Gasteiger partial charge in [0.2, 0.25) is 0 Å². The molecule has 1 aromatic heterocycles. The van der Waals surface area contributed by atoms with E-state index in [1.54, 1.807) is 6.92 Å². The van der Waals surface area contributed by atoms with Gasteiger partial charge < -0.3 is 15.1 Å². The number of carbonyl (C=O) groups is 2. The van der Waals surface area contributed by atoms with Crippen molar-refractivity contribution in [1.82, 2.24) is 9.80 Å². The average Bonchev–Trinajstić information content (AvgIpc) is 2.81. The molecule has 1 fully saturated rings. The average molecular weight is 270 g/mol. The van der Waals surface area contributed by atoms with Gasteiger partial charge in [-0.3, -0.25) is 4.90 Å². The maximum Gasteiger partial charge on any atom is 0.407 e. The van der Waals surface area contributed by atoms with Crippen LogP contribution >= 0.6 is 11.3 Å². The van der Waals surface area contributed by atoms with Crippen molar-refractivity contribution >= 4 is 23.5 Å². The van der Waals surface area contributed by atoms with E-state index in [4.69, 9.17) is 5.11 Å². The van der Waals surface area contributed by atoms with E-state index in [1.807, 2.05) is 16.8 Å². The summed E-state index contributed by atoms with van der Waals surface area (Å²) in [5.74, 6) is 0. The fourth-order valence-electron chi connectivity index (χ4n) is 2.20. The van der Waals surface area contributed by atoms with Gasteiger partial charge in [0.1, 0.15) is 0 Å². The molecule has 18 heavy (non-hydrogen) atoms. The van der Waals surface area contributed by atoms with E-state index >= 15 is 0 Å². The molecule has 0 aliphatic carbocycles. The van der Waals surface area contributed by atoms with Crippen molar-refractivity contribution in [2.75, 3.05) is 13.1 Å². The van der Waals surface area contributed by atoms with Crippen LogP contribution in [0.15, 0.2) is 16.8 Å². The lowest BCUT2D eigenvalue weighted by molar-refractivity contribution is 0.0383. The summed E-state index contributed by atoms with van der Waals surface area (Å²) in [5, 5.41) is 22.0. The zero-order chi connectivity index (χ0) is 13.3. The smallest absolute Gasteiger partial charge is 0.407 e. The van der Waals surface area contributed by atoms with E-state index in [9.17, 15) is 14.7 Å². The molecule has 2 N–H and O–H groups in total. The van der Waals surface area contributed by atoms with Gasteiger partial charge in [-0.2, -0.15) is 11.3 Å². The molecule has 1 aliphatic heterocycles. The first-order valence-corrected chi connectivity index (χ1v) is 6.46. The fraction of sp³-hybridized carbons (Fsp3) is 0.455. The minimum Gasteiger partial charge on any atom is -0.465 e. The molecule has 0 aromatic carbocycles. The summed E-state index contributed by atoms with van der Waals surface area (Å²) >= 11 is 1.47. The Kier molecular flexibility index (Phi) is 3.42. The molecule has 2 atom stereocenters. The molecule has 0 saturated carbocycles. The minimum atomic E-state index is -1.01. The molecule has 6 nitrogen and oxygen atoms in total. The highest BCUT2D eigenvalue weighted by Crippen LogP contribution is 2.29. The third-order valence-electron chi connectivity index (χ3n) is 3.16. The van der Waals surface area contributed by atoms with Gasteiger partial charge in [-0.15, -0.1) is 0 Å². The van der Waals surface area contributed by atoms with E-state index in [0.717, 1.165) is 5.56 Å². The van der Waals surface area contributed by atoms with E-state index < -0.39 is 18.2 Å². The van der Waals surface area contributed by atoms with Crippen molar-refractivity contribution in [2.45, 2.75) is 19.0 Å². The molecule has 0 bridgehead atoms. The number of hydrogen-bond donors (Lipinski definition) is 2. The Hall–Kier alpha value is -1.76. The predicted octanol–water partition coefficient (Wildman–Crippen LogP) is 2.15. The summed E-state index contributed by atoms with van der Waals surface area (Å²) in [4.78, 5) is 25.0. The summed E-state index contributed by atoms with van der Waals surface area (Å²) in [6.45, 7) is 2.09. The number of amides is 2. The number of nitrogens with zero attached hydrogens (tertiary/aromatic N) is 2. The zero-order valence-corrected chi connectivity index (χ0v) is 10.6. The summed E-state index contributed by atoms with van der Waals surface area (Å²) in [6.07, 6.45) is -2.02. The van der Waals surface area contributed by atoms with Gasteiger partial charge in [0.15, 0.2) is 0 Å². The maximum atomic E-state index is 11.2. The molecule has 0 unspecified atom stereocenters. The van der Waals surface area contributed by atoms with Crippen LogP contribution in [0.1, 0.15) is 18.5 Å². The normalized spacial score (nSPS) is 24.1. The van der Waals surface area contributed by atoms with Crippen molar-refractivity contribution in [3.05, 3.63) is 22.4 Å². The lowest BCUT2D eigenvalue weighted by atomic mass is 10.0. The molecule has 1 aromatic rings. The van der Waals surface area contributed by atoms with Crippen LogP contribution in [0.2, 0.25) is 0 Å². The van der Waals surface area contributed by atoms with Crippen molar-refractivity contribution in [3.8, 4) is 0 Å². The molecule has 0 radical (unpaired) electrons. The zero-order valence-electron chi connectivity index (χ0n) is 9.81. The first kappa shape index (κ1) is 12.7. The van der Waals surface area contributed by atoms with Crippen LogP contribution in [0.3, 0.4) is 0 Å². The lowest BCUT2D eigenvalue weighted by Gasteiger charge is -2.42. The first-order valence-electron chi connectivity index (χ1n) is 5.52. The van der Waals surface area contributed by atoms with Crippen LogP contribution in [0.25, 0.3) is 0 Å². The van der Waals surface area contributed by atoms with E-state index in [-0.39, 0.29) is 19.1 Å². The topological polar surface area (TPSA) is 81.1 Å². The van der Waals surface area contributed by atoms with Crippen LogP contribution in [-0.4, -0.2) is 51.3 Å². The third-order valence-corrected chi connectivity index (χ3v) is 3.86. The van der Waals surface area contributed by atoms with Gasteiger partial charge in [0, 0.05) is 13.1 Å². The number of piperazine rings is 1. The Balaban J connectivity index is 2.27. The maximum absolute atomic E-state index is 11.2. The van der Waals surface area contributed by atoms with Gasteiger partial charge in [-0.25, -0.2) is 9.59 Å². The molecule has 2 amide bonds. The largest absolute Gasteiger partial charge is 0.465 e. The van der Waals surface area contributed by atoms with Gasteiger partial charge in [0.25, 0.3) is 0 Å². The van der Waals surface area contributed by atoms with Crippen LogP contribution in [0.5, 0.6) is 0 Å². The summed E-state index contributed by atoms with van der Waals surface area (Å²) in [6, 6.07) is 1.09.